The van der Waals surface area contributed by atoms with Crippen LogP contribution in [-0.4, -0.2) is 12.0 Å². The van der Waals surface area contributed by atoms with E-state index in [4.69, 9.17) is 0 Å². The molecule has 0 saturated heterocycles. The average molecular weight is 236 g/mol. The Hall–Kier alpha value is -0.840. The van der Waals surface area contributed by atoms with E-state index in [1.807, 2.05) is 13.0 Å². The molecule has 0 amide bonds. The SMILES string of the molecule is CCc1ccc(CC(=O)CC(F)(F)F)s1. The first-order valence-electron chi connectivity index (χ1n) is 4.56. The molecule has 1 aromatic rings. The third kappa shape index (κ3) is 4.46. The van der Waals surface area contributed by atoms with E-state index in [-0.39, 0.29) is 6.42 Å². The summed E-state index contributed by atoms with van der Waals surface area (Å²) in [5.41, 5.74) is 0. The van der Waals surface area contributed by atoms with Crippen molar-refractivity contribution in [1.29, 1.82) is 0 Å². The number of hydrogen-bond donors (Lipinski definition) is 0. The molecule has 0 atom stereocenters. The van der Waals surface area contributed by atoms with Crippen molar-refractivity contribution in [3.8, 4) is 0 Å². The molecule has 84 valence electrons. The highest BCUT2D eigenvalue weighted by Crippen LogP contribution is 2.23. The van der Waals surface area contributed by atoms with Gasteiger partial charge in [0, 0.05) is 16.2 Å². The van der Waals surface area contributed by atoms with Crippen LogP contribution in [0.5, 0.6) is 0 Å². The second kappa shape index (κ2) is 4.79. The van der Waals surface area contributed by atoms with Gasteiger partial charge in [0.05, 0.1) is 0 Å². The quantitative estimate of drug-likeness (QED) is 0.783. The number of carbonyl (C=O) groups excluding carboxylic acids is 1. The predicted molar refractivity (Wildman–Crippen MR) is 53.1 cm³/mol. The zero-order valence-electron chi connectivity index (χ0n) is 8.23. The van der Waals surface area contributed by atoms with E-state index < -0.39 is 18.4 Å². The zero-order valence-corrected chi connectivity index (χ0v) is 9.04. The Kier molecular flexibility index (Phi) is 3.90. The minimum absolute atomic E-state index is 0.107. The van der Waals surface area contributed by atoms with Crippen LogP contribution < -0.4 is 0 Å². The number of thiophene rings is 1. The lowest BCUT2D eigenvalue weighted by Gasteiger charge is -2.03. The van der Waals surface area contributed by atoms with E-state index in [1.54, 1.807) is 6.07 Å². The van der Waals surface area contributed by atoms with Gasteiger partial charge >= 0.3 is 6.18 Å². The van der Waals surface area contributed by atoms with Crippen molar-refractivity contribution in [1.82, 2.24) is 0 Å². The van der Waals surface area contributed by atoms with Crippen LogP contribution in [0.25, 0.3) is 0 Å². The van der Waals surface area contributed by atoms with Crippen LogP contribution in [0.4, 0.5) is 13.2 Å². The summed E-state index contributed by atoms with van der Waals surface area (Å²) >= 11 is 1.40. The van der Waals surface area contributed by atoms with Crippen molar-refractivity contribution in [2.24, 2.45) is 0 Å². The summed E-state index contributed by atoms with van der Waals surface area (Å²) in [4.78, 5) is 12.8. The van der Waals surface area contributed by atoms with Crippen LogP contribution in [0.2, 0.25) is 0 Å². The first-order chi connectivity index (χ1) is 6.90. The lowest BCUT2D eigenvalue weighted by Crippen LogP contribution is -2.16. The molecule has 0 radical (unpaired) electrons. The van der Waals surface area contributed by atoms with Gasteiger partial charge in [-0.2, -0.15) is 13.2 Å². The molecule has 15 heavy (non-hydrogen) atoms. The summed E-state index contributed by atoms with van der Waals surface area (Å²) in [7, 11) is 0. The van der Waals surface area contributed by atoms with E-state index in [9.17, 15) is 18.0 Å². The number of halogens is 3. The van der Waals surface area contributed by atoms with Crippen LogP contribution in [-0.2, 0) is 17.6 Å². The molecule has 0 bridgehead atoms. The Morgan fingerprint density at radius 2 is 1.93 bits per heavy atom. The third-order valence-corrected chi connectivity index (χ3v) is 3.06. The molecule has 0 saturated carbocycles. The number of Topliss-reactive ketones (excluding diaryl/α,β-unsaturated/α-hetero) is 1. The molecule has 0 spiro atoms. The Bertz CT molecular complexity index is 341. The lowest BCUT2D eigenvalue weighted by molar-refractivity contribution is -0.151. The number of aryl methyl sites for hydroxylation is 1. The minimum Gasteiger partial charge on any atom is -0.299 e. The molecule has 0 N–H and O–H groups in total. The molecule has 1 heterocycles. The van der Waals surface area contributed by atoms with Crippen LogP contribution in [0.1, 0.15) is 23.1 Å². The van der Waals surface area contributed by atoms with Gasteiger partial charge in [0.2, 0.25) is 0 Å². The molecule has 5 heteroatoms. The van der Waals surface area contributed by atoms with Gasteiger partial charge in [0.25, 0.3) is 0 Å². The summed E-state index contributed by atoms with van der Waals surface area (Å²) in [6.45, 7) is 1.97. The average Bonchev–Trinajstić information content (AvgIpc) is 2.48. The Morgan fingerprint density at radius 3 is 2.40 bits per heavy atom. The highest BCUT2D eigenvalue weighted by atomic mass is 32.1. The van der Waals surface area contributed by atoms with Crippen LogP contribution >= 0.6 is 11.3 Å². The fourth-order valence-corrected chi connectivity index (χ4v) is 2.17. The van der Waals surface area contributed by atoms with Gasteiger partial charge in [-0.1, -0.05) is 6.92 Å². The fourth-order valence-electron chi connectivity index (χ4n) is 1.19. The lowest BCUT2D eigenvalue weighted by atomic mass is 10.2. The number of carbonyl (C=O) groups is 1. The van der Waals surface area contributed by atoms with E-state index in [0.29, 0.717) is 4.88 Å². The standard InChI is InChI=1S/C10H11F3OS/c1-2-8-3-4-9(15-8)5-7(14)6-10(11,12)13/h3-4H,2,5-6H2,1H3. The topological polar surface area (TPSA) is 17.1 Å². The number of rotatable bonds is 4. The summed E-state index contributed by atoms with van der Waals surface area (Å²) in [6, 6.07) is 3.57. The second-order valence-corrected chi connectivity index (χ2v) is 4.48. The van der Waals surface area contributed by atoms with Gasteiger partial charge in [-0.15, -0.1) is 11.3 Å². The highest BCUT2D eigenvalue weighted by Gasteiger charge is 2.30. The van der Waals surface area contributed by atoms with E-state index in [2.05, 4.69) is 0 Å². The van der Waals surface area contributed by atoms with Crippen molar-refractivity contribution < 1.29 is 18.0 Å². The van der Waals surface area contributed by atoms with Gasteiger partial charge < -0.3 is 0 Å². The smallest absolute Gasteiger partial charge is 0.299 e. The number of alkyl halides is 3. The molecule has 1 aromatic heterocycles. The molecule has 0 aliphatic carbocycles. The third-order valence-electron chi connectivity index (χ3n) is 1.83. The zero-order chi connectivity index (χ0) is 11.5. The monoisotopic (exact) mass is 236 g/mol. The van der Waals surface area contributed by atoms with Gasteiger partial charge in [-0.3, -0.25) is 4.79 Å². The van der Waals surface area contributed by atoms with E-state index in [1.165, 1.54) is 11.3 Å². The Balaban J connectivity index is 2.51. The van der Waals surface area contributed by atoms with Crippen molar-refractivity contribution in [3.05, 3.63) is 21.9 Å². The van der Waals surface area contributed by atoms with Crippen molar-refractivity contribution >= 4 is 17.1 Å². The van der Waals surface area contributed by atoms with Gasteiger partial charge in [-0.05, 0) is 18.6 Å². The Morgan fingerprint density at radius 1 is 1.33 bits per heavy atom. The summed E-state index contributed by atoms with van der Waals surface area (Å²) in [6.07, 6.45) is -4.98. The van der Waals surface area contributed by atoms with Gasteiger partial charge in [-0.25, -0.2) is 0 Å². The predicted octanol–water partition coefficient (Wildman–Crippen LogP) is 3.37. The van der Waals surface area contributed by atoms with E-state index in [0.717, 1.165) is 11.3 Å². The first kappa shape index (κ1) is 12.2. The molecule has 1 nitrogen and oxygen atoms in total. The van der Waals surface area contributed by atoms with E-state index >= 15 is 0 Å². The van der Waals surface area contributed by atoms with Crippen molar-refractivity contribution in [2.45, 2.75) is 32.4 Å². The molecule has 0 aliphatic rings. The molecule has 1 rings (SSSR count). The molecule has 0 aliphatic heterocycles. The second-order valence-electron chi connectivity index (χ2n) is 3.23. The number of ketones is 1. The largest absolute Gasteiger partial charge is 0.395 e. The maximum absolute atomic E-state index is 11.9. The summed E-state index contributed by atoms with van der Waals surface area (Å²) in [5.74, 6) is -0.771. The van der Waals surface area contributed by atoms with Crippen LogP contribution in [0, 0.1) is 0 Å². The molecule has 0 aromatic carbocycles. The molecule has 0 fully saturated rings. The molecular formula is C10H11F3OS. The maximum Gasteiger partial charge on any atom is 0.395 e. The normalized spacial score (nSPS) is 11.7. The summed E-state index contributed by atoms with van der Waals surface area (Å²) < 4.78 is 35.6. The minimum atomic E-state index is -4.39. The van der Waals surface area contributed by atoms with Crippen LogP contribution in [0.15, 0.2) is 12.1 Å². The summed E-state index contributed by atoms with van der Waals surface area (Å²) in [5, 5.41) is 0. The fraction of sp³-hybridized carbons (Fsp3) is 0.500. The van der Waals surface area contributed by atoms with Crippen molar-refractivity contribution in [3.63, 3.8) is 0 Å². The Labute approximate surface area is 89.9 Å². The molecular weight excluding hydrogens is 225 g/mol. The van der Waals surface area contributed by atoms with Crippen molar-refractivity contribution in [2.75, 3.05) is 0 Å². The van der Waals surface area contributed by atoms with Crippen LogP contribution in [0.3, 0.4) is 0 Å². The highest BCUT2D eigenvalue weighted by molar-refractivity contribution is 7.12. The number of hydrogen-bond acceptors (Lipinski definition) is 2. The molecule has 0 unspecified atom stereocenters. The van der Waals surface area contributed by atoms with Gasteiger partial charge in [0.15, 0.2) is 0 Å². The first-order valence-corrected chi connectivity index (χ1v) is 5.38. The maximum atomic E-state index is 11.9. The van der Waals surface area contributed by atoms with Gasteiger partial charge in [0.1, 0.15) is 12.2 Å².